The van der Waals surface area contributed by atoms with Crippen molar-refractivity contribution in [3.63, 3.8) is 0 Å². The highest BCUT2D eigenvalue weighted by molar-refractivity contribution is 5.92. The van der Waals surface area contributed by atoms with Gasteiger partial charge in [-0.3, -0.25) is 4.79 Å². The molecule has 0 aromatic heterocycles. The van der Waals surface area contributed by atoms with Gasteiger partial charge in [0.25, 0.3) is 0 Å². The van der Waals surface area contributed by atoms with Gasteiger partial charge in [0.05, 0.1) is 7.11 Å². The Kier molecular flexibility index (Phi) is 3.82. The van der Waals surface area contributed by atoms with E-state index in [9.17, 15) is 4.79 Å². The molecule has 3 nitrogen and oxygen atoms in total. The van der Waals surface area contributed by atoms with Crippen LogP contribution < -0.4 is 10.1 Å². The number of nitrogens with one attached hydrogen (secondary N) is 1. The summed E-state index contributed by atoms with van der Waals surface area (Å²) in [5.41, 5.74) is 2.74. The van der Waals surface area contributed by atoms with E-state index in [0.717, 1.165) is 31.6 Å². The largest absolute Gasteiger partial charge is 0.496 e. The molecule has 1 N–H and O–H groups in total. The van der Waals surface area contributed by atoms with Crippen LogP contribution >= 0.6 is 0 Å². The lowest BCUT2D eigenvalue weighted by molar-refractivity contribution is -0.118. The zero-order chi connectivity index (χ0) is 14.8. The number of hydrogen-bond donors (Lipinski definition) is 1. The van der Waals surface area contributed by atoms with E-state index in [4.69, 9.17) is 4.74 Å². The van der Waals surface area contributed by atoms with Gasteiger partial charge in [-0.1, -0.05) is 24.3 Å². The minimum atomic E-state index is 0.0473. The van der Waals surface area contributed by atoms with E-state index in [1.54, 1.807) is 14.0 Å². The molecule has 0 heterocycles. The van der Waals surface area contributed by atoms with Gasteiger partial charge in [-0.05, 0) is 47.6 Å². The summed E-state index contributed by atoms with van der Waals surface area (Å²) in [7, 11) is 1.74. The van der Waals surface area contributed by atoms with Crippen LogP contribution in [0.4, 0.5) is 0 Å². The van der Waals surface area contributed by atoms with Gasteiger partial charge in [0, 0.05) is 19.0 Å². The SMILES string of the molecule is COc1ccc2cccc3c2c1CC[C@H]3CCNC(C)=O. The number of rotatable bonds is 4. The second-order valence-electron chi connectivity index (χ2n) is 5.70. The average molecular weight is 283 g/mol. The molecule has 0 unspecified atom stereocenters. The fraction of sp³-hybridized carbons (Fsp3) is 0.389. The Labute approximate surface area is 125 Å². The van der Waals surface area contributed by atoms with Crippen molar-refractivity contribution < 1.29 is 9.53 Å². The molecule has 0 radical (unpaired) electrons. The van der Waals surface area contributed by atoms with Crippen molar-refractivity contribution in [2.45, 2.75) is 32.1 Å². The number of ether oxygens (including phenoxy) is 1. The van der Waals surface area contributed by atoms with Crippen molar-refractivity contribution in [2.24, 2.45) is 0 Å². The number of benzene rings is 2. The quantitative estimate of drug-likeness (QED) is 0.934. The van der Waals surface area contributed by atoms with Gasteiger partial charge in [-0.25, -0.2) is 0 Å². The molecule has 21 heavy (non-hydrogen) atoms. The van der Waals surface area contributed by atoms with E-state index < -0.39 is 0 Å². The molecule has 3 rings (SSSR count). The lowest BCUT2D eigenvalue weighted by Gasteiger charge is -2.27. The molecule has 3 heteroatoms. The first-order chi connectivity index (χ1) is 10.2. The maximum atomic E-state index is 11.0. The van der Waals surface area contributed by atoms with Crippen molar-refractivity contribution in [1.82, 2.24) is 5.32 Å². The van der Waals surface area contributed by atoms with Crippen LogP contribution in [0.15, 0.2) is 30.3 Å². The molecule has 0 fully saturated rings. The average Bonchev–Trinajstić information content (AvgIpc) is 2.49. The third kappa shape index (κ3) is 2.60. The van der Waals surface area contributed by atoms with Gasteiger partial charge in [0.15, 0.2) is 0 Å². The molecular weight excluding hydrogens is 262 g/mol. The Morgan fingerprint density at radius 1 is 1.33 bits per heavy atom. The molecule has 0 bridgehead atoms. The number of carbonyl (C=O) groups excluding carboxylic acids is 1. The second kappa shape index (κ2) is 5.76. The molecule has 1 aliphatic carbocycles. The highest BCUT2D eigenvalue weighted by atomic mass is 16.5. The molecule has 110 valence electrons. The van der Waals surface area contributed by atoms with Gasteiger partial charge in [-0.15, -0.1) is 0 Å². The fourth-order valence-electron chi connectivity index (χ4n) is 3.44. The van der Waals surface area contributed by atoms with E-state index >= 15 is 0 Å². The first kappa shape index (κ1) is 13.9. The molecule has 2 aromatic carbocycles. The second-order valence-corrected chi connectivity index (χ2v) is 5.70. The Balaban J connectivity index is 1.97. The normalized spacial score (nSPS) is 16.8. The summed E-state index contributed by atoms with van der Waals surface area (Å²) in [6, 6.07) is 10.7. The number of hydrogen-bond acceptors (Lipinski definition) is 2. The monoisotopic (exact) mass is 283 g/mol. The molecule has 0 saturated heterocycles. The first-order valence-electron chi connectivity index (χ1n) is 7.53. The smallest absolute Gasteiger partial charge is 0.216 e. The Bertz CT molecular complexity index is 678. The van der Waals surface area contributed by atoms with Gasteiger partial charge in [0.2, 0.25) is 5.91 Å². The summed E-state index contributed by atoms with van der Waals surface area (Å²) in [4.78, 5) is 11.0. The summed E-state index contributed by atoms with van der Waals surface area (Å²) in [5, 5.41) is 5.55. The molecule has 0 aliphatic heterocycles. The maximum Gasteiger partial charge on any atom is 0.216 e. The Morgan fingerprint density at radius 3 is 2.95 bits per heavy atom. The molecule has 0 spiro atoms. The molecule has 1 aliphatic rings. The Hall–Kier alpha value is -2.03. The highest BCUT2D eigenvalue weighted by Crippen LogP contribution is 2.41. The van der Waals surface area contributed by atoms with E-state index in [2.05, 4.69) is 35.6 Å². The van der Waals surface area contributed by atoms with Crippen molar-refractivity contribution in [3.8, 4) is 5.75 Å². The minimum Gasteiger partial charge on any atom is -0.496 e. The number of carbonyl (C=O) groups is 1. The third-order valence-electron chi connectivity index (χ3n) is 4.41. The lowest BCUT2D eigenvalue weighted by atomic mass is 9.79. The molecular formula is C18H21NO2. The van der Waals surface area contributed by atoms with E-state index in [1.807, 2.05) is 0 Å². The van der Waals surface area contributed by atoms with Gasteiger partial charge in [-0.2, -0.15) is 0 Å². The van der Waals surface area contributed by atoms with Crippen molar-refractivity contribution >= 4 is 16.7 Å². The first-order valence-corrected chi connectivity index (χ1v) is 7.53. The zero-order valence-electron chi connectivity index (χ0n) is 12.6. The maximum absolute atomic E-state index is 11.0. The molecule has 1 atom stereocenters. The topological polar surface area (TPSA) is 38.3 Å². The predicted molar refractivity (Wildman–Crippen MR) is 84.9 cm³/mol. The standard InChI is InChI=1S/C18H21NO2/c1-12(20)19-11-10-13-6-8-16-17(21-2)9-7-14-4-3-5-15(13)18(14)16/h3-5,7,9,13H,6,8,10-11H2,1-2H3,(H,19,20)/t13-/m0/s1. The molecule has 2 aromatic rings. The van der Waals surface area contributed by atoms with Gasteiger partial charge >= 0.3 is 0 Å². The Morgan fingerprint density at radius 2 is 2.19 bits per heavy atom. The lowest BCUT2D eigenvalue weighted by Crippen LogP contribution is -2.23. The fourth-order valence-corrected chi connectivity index (χ4v) is 3.44. The third-order valence-corrected chi connectivity index (χ3v) is 4.41. The van der Waals surface area contributed by atoms with E-state index in [-0.39, 0.29) is 5.91 Å². The van der Waals surface area contributed by atoms with Crippen LogP contribution in [0, 0.1) is 0 Å². The summed E-state index contributed by atoms with van der Waals surface area (Å²) in [6.45, 7) is 2.32. The summed E-state index contributed by atoms with van der Waals surface area (Å²) in [5.74, 6) is 1.56. The summed E-state index contributed by atoms with van der Waals surface area (Å²) >= 11 is 0. The minimum absolute atomic E-state index is 0.0473. The number of aryl methyl sites for hydroxylation is 1. The van der Waals surface area contributed by atoms with Crippen LogP contribution in [-0.4, -0.2) is 19.6 Å². The molecule has 0 saturated carbocycles. The predicted octanol–water partition coefficient (Wildman–Crippen LogP) is 3.40. The summed E-state index contributed by atoms with van der Waals surface area (Å²) in [6.07, 6.45) is 3.16. The zero-order valence-corrected chi connectivity index (χ0v) is 12.6. The van der Waals surface area contributed by atoms with Crippen molar-refractivity contribution in [3.05, 3.63) is 41.5 Å². The van der Waals surface area contributed by atoms with Crippen LogP contribution in [0.1, 0.15) is 36.8 Å². The van der Waals surface area contributed by atoms with Crippen LogP contribution in [0.3, 0.4) is 0 Å². The number of amides is 1. The van der Waals surface area contributed by atoms with E-state index in [0.29, 0.717) is 5.92 Å². The van der Waals surface area contributed by atoms with Crippen LogP contribution in [0.5, 0.6) is 5.75 Å². The highest BCUT2D eigenvalue weighted by Gasteiger charge is 2.23. The van der Waals surface area contributed by atoms with Crippen LogP contribution in [-0.2, 0) is 11.2 Å². The van der Waals surface area contributed by atoms with E-state index in [1.165, 1.54) is 21.9 Å². The van der Waals surface area contributed by atoms with Crippen LogP contribution in [0.2, 0.25) is 0 Å². The van der Waals surface area contributed by atoms with Crippen LogP contribution in [0.25, 0.3) is 10.8 Å². The van der Waals surface area contributed by atoms with Crippen molar-refractivity contribution in [1.29, 1.82) is 0 Å². The van der Waals surface area contributed by atoms with Gasteiger partial charge < -0.3 is 10.1 Å². The van der Waals surface area contributed by atoms with Crippen molar-refractivity contribution in [2.75, 3.05) is 13.7 Å². The number of methoxy groups -OCH3 is 1. The molecule has 1 amide bonds. The summed E-state index contributed by atoms with van der Waals surface area (Å²) < 4.78 is 5.52. The van der Waals surface area contributed by atoms with Gasteiger partial charge in [0.1, 0.15) is 5.75 Å².